The van der Waals surface area contributed by atoms with Crippen molar-refractivity contribution >= 4 is 12.1 Å². The van der Waals surface area contributed by atoms with Gasteiger partial charge in [-0.3, -0.25) is 4.57 Å². The zero-order chi connectivity index (χ0) is 28.0. The van der Waals surface area contributed by atoms with Gasteiger partial charge in [-0.05, 0) is 70.3 Å². The number of hydrogen-bond donors (Lipinski definition) is 1. The minimum Gasteiger partial charge on any atom is -0.383 e. The number of allylic oxidation sites excluding steroid dienone is 10. The summed E-state index contributed by atoms with van der Waals surface area (Å²) in [5.41, 5.74) is 5.14. The molecule has 7 heteroatoms. The highest BCUT2D eigenvalue weighted by Crippen LogP contribution is 2.27. The third kappa shape index (κ3) is 14.6. The van der Waals surface area contributed by atoms with Crippen molar-refractivity contribution in [3.63, 3.8) is 0 Å². The summed E-state index contributed by atoms with van der Waals surface area (Å²) in [5, 5.41) is 0. The van der Waals surface area contributed by atoms with Gasteiger partial charge in [-0.15, -0.1) is 0 Å². The molecular formula is C32H47N3O4. The van der Waals surface area contributed by atoms with Gasteiger partial charge in [0.15, 0.2) is 0 Å². The molecule has 0 aromatic carbocycles. The molecule has 0 aliphatic carbocycles. The van der Waals surface area contributed by atoms with Crippen molar-refractivity contribution in [1.29, 1.82) is 0 Å². The first-order valence-corrected chi connectivity index (χ1v) is 14.4. The second kappa shape index (κ2) is 20.9. The molecule has 2 rings (SSSR count). The number of nitrogen functional groups attached to an aromatic ring is 1. The maximum Gasteiger partial charge on any atom is 0.351 e. The highest BCUT2D eigenvalue weighted by atomic mass is 16.6. The van der Waals surface area contributed by atoms with E-state index in [-0.39, 0.29) is 24.1 Å². The van der Waals surface area contributed by atoms with Crippen molar-refractivity contribution in [3.8, 4) is 0 Å². The highest BCUT2D eigenvalue weighted by molar-refractivity contribution is 5.53. The number of carbonyl (C=O) groups excluding carboxylic acids is 1. The summed E-state index contributed by atoms with van der Waals surface area (Å²) in [4.78, 5) is 27.2. The van der Waals surface area contributed by atoms with Gasteiger partial charge in [0.25, 0.3) is 0 Å². The van der Waals surface area contributed by atoms with Gasteiger partial charge in [0, 0.05) is 12.1 Å². The monoisotopic (exact) mass is 537 g/mol. The number of ether oxygens (including phenoxy) is 2. The molecule has 0 saturated carbocycles. The van der Waals surface area contributed by atoms with Crippen LogP contribution >= 0.6 is 0 Å². The van der Waals surface area contributed by atoms with Crippen molar-refractivity contribution in [3.05, 3.63) is 83.5 Å². The minimum absolute atomic E-state index is 0.0953. The van der Waals surface area contributed by atoms with E-state index >= 15 is 0 Å². The Balaban J connectivity index is 1.47. The van der Waals surface area contributed by atoms with Gasteiger partial charge in [-0.1, -0.05) is 74.1 Å². The zero-order valence-corrected chi connectivity index (χ0v) is 23.5. The van der Waals surface area contributed by atoms with Crippen LogP contribution in [0, 0.1) is 5.92 Å². The Bertz CT molecular complexity index is 1010. The minimum atomic E-state index is -0.410. The molecular weight excluding hydrogens is 490 g/mol. The molecule has 1 fully saturated rings. The number of nitrogens with zero attached hydrogens (tertiary/aromatic N) is 2. The van der Waals surface area contributed by atoms with Crippen LogP contribution < -0.4 is 11.4 Å². The van der Waals surface area contributed by atoms with Crippen LogP contribution in [0.15, 0.2) is 77.8 Å². The normalized spacial score (nSPS) is 19.0. The van der Waals surface area contributed by atoms with Crippen LogP contribution in [0.4, 0.5) is 5.82 Å². The van der Waals surface area contributed by atoms with E-state index in [1.807, 2.05) is 0 Å². The Morgan fingerprint density at radius 1 is 1.00 bits per heavy atom. The van der Waals surface area contributed by atoms with Crippen LogP contribution in [0.25, 0.3) is 0 Å². The zero-order valence-electron chi connectivity index (χ0n) is 23.5. The van der Waals surface area contributed by atoms with E-state index < -0.39 is 5.69 Å². The number of carbonyl (C=O) groups is 1. The molecule has 2 N–H and O–H groups in total. The third-order valence-electron chi connectivity index (χ3n) is 6.43. The van der Waals surface area contributed by atoms with Crippen molar-refractivity contribution in [2.75, 3.05) is 18.9 Å². The van der Waals surface area contributed by atoms with Gasteiger partial charge in [-0.25, -0.2) is 4.79 Å². The number of anilines is 1. The summed E-state index contributed by atoms with van der Waals surface area (Å²) in [5.74, 6) is 0.103. The topological polar surface area (TPSA) is 96.4 Å². The van der Waals surface area contributed by atoms with Crippen LogP contribution in [0.5, 0.6) is 0 Å². The summed E-state index contributed by atoms with van der Waals surface area (Å²) in [6.07, 6.45) is 34.7. The van der Waals surface area contributed by atoms with Gasteiger partial charge >= 0.3 is 5.69 Å². The second-order valence-electron chi connectivity index (χ2n) is 9.76. The molecule has 0 amide bonds. The summed E-state index contributed by atoms with van der Waals surface area (Å²) >= 11 is 0. The molecule has 1 aromatic rings. The second-order valence-corrected chi connectivity index (χ2v) is 9.76. The number of hydrogen-bond acceptors (Lipinski definition) is 6. The Hall–Kier alpha value is -3.03. The average Bonchev–Trinajstić information content (AvgIpc) is 3.39. The third-order valence-corrected chi connectivity index (χ3v) is 6.43. The smallest absolute Gasteiger partial charge is 0.351 e. The fourth-order valence-corrected chi connectivity index (χ4v) is 4.24. The van der Waals surface area contributed by atoms with Crippen molar-refractivity contribution in [2.24, 2.45) is 5.92 Å². The van der Waals surface area contributed by atoms with Crippen LogP contribution in [0.2, 0.25) is 0 Å². The number of rotatable bonds is 20. The van der Waals surface area contributed by atoms with Crippen LogP contribution in [-0.4, -0.2) is 35.2 Å². The van der Waals surface area contributed by atoms with Crippen molar-refractivity contribution < 1.29 is 14.3 Å². The van der Waals surface area contributed by atoms with Crippen molar-refractivity contribution in [1.82, 2.24) is 9.55 Å². The molecule has 7 nitrogen and oxygen atoms in total. The molecule has 1 aliphatic rings. The number of aldehydes is 1. The van der Waals surface area contributed by atoms with E-state index in [2.05, 4.69) is 72.7 Å². The lowest BCUT2D eigenvalue weighted by Gasteiger charge is -2.17. The molecule has 0 spiro atoms. The molecule has 214 valence electrons. The van der Waals surface area contributed by atoms with E-state index in [1.165, 1.54) is 4.57 Å². The first kappa shape index (κ1) is 32.2. The quantitative estimate of drug-likeness (QED) is 0.114. The lowest BCUT2D eigenvalue weighted by atomic mass is 10.0. The van der Waals surface area contributed by atoms with Gasteiger partial charge in [0.1, 0.15) is 18.3 Å². The van der Waals surface area contributed by atoms with E-state index in [0.29, 0.717) is 19.6 Å². The number of unbranched alkanes of at least 4 members (excludes halogenated alkanes) is 2. The van der Waals surface area contributed by atoms with E-state index in [1.54, 1.807) is 12.3 Å². The standard InChI is InChI=1S/C32H47N3O4/c1-2-3-4-5-6-7-8-9-10-11-12-13-14-15-16-17-18-19-20-28(25-36)26-38-27-29-21-22-31(39-29)35-24-23-30(33)34-32(35)37/h3-4,6-7,9-10,12-13,15-16,23-25,28-29,31H,2,5,8,11,14,17-22,26-27H2,1H3,(H2,33,34,37). The molecule has 3 atom stereocenters. The van der Waals surface area contributed by atoms with Gasteiger partial charge in [0.05, 0.1) is 19.3 Å². The summed E-state index contributed by atoms with van der Waals surface area (Å²) in [6, 6.07) is 1.59. The molecule has 1 aromatic heterocycles. The SMILES string of the molecule is CCC=CCC=CCC=CCC=CCC=CCCCCC(C=O)COCC1CCC(n2ccc(N)nc2=O)O1. The van der Waals surface area contributed by atoms with Gasteiger partial charge < -0.3 is 20.0 Å². The molecule has 0 radical (unpaired) electrons. The first-order valence-electron chi connectivity index (χ1n) is 14.4. The summed E-state index contributed by atoms with van der Waals surface area (Å²) in [7, 11) is 0. The van der Waals surface area contributed by atoms with Crippen LogP contribution in [0.3, 0.4) is 0 Å². The lowest BCUT2D eigenvalue weighted by molar-refractivity contribution is -0.114. The Kier molecular flexibility index (Phi) is 17.2. The van der Waals surface area contributed by atoms with E-state index in [9.17, 15) is 9.59 Å². The molecule has 39 heavy (non-hydrogen) atoms. The van der Waals surface area contributed by atoms with Crippen LogP contribution in [0.1, 0.15) is 83.8 Å². The Morgan fingerprint density at radius 2 is 1.64 bits per heavy atom. The molecule has 2 heterocycles. The lowest BCUT2D eigenvalue weighted by Crippen LogP contribution is -2.28. The molecule has 1 saturated heterocycles. The average molecular weight is 538 g/mol. The highest BCUT2D eigenvalue weighted by Gasteiger charge is 2.27. The maximum absolute atomic E-state index is 12.0. The molecule has 1 aliphatic heterocycles. The molecule has 3 unspecified atom stereocenters. The largest absolute Gasteiger partial charge is 0.383 e. The number of aromatic nitrogens is 2. The maximum atomic E-state index is 12.0. The fraction of sp³-hybridized carbons (Fsp3) is 0.531. The first-order chi connectivity index (χ1) is 19.1. The number of nitrogens with two attached hydrogens (primary N) is 1. The van der Waals surface area contributed by atoms with Crippen molar-refractivity contribution in [2.45, 2.75) is 89.9 Å². The van der Waals surface area contributed by atoms with Gasteiger partial charge in [-0.2, -0.15) is 4.98 Å². The summed E-state index contributed by atoms with van der Waals surface area (Å²) < 4.78 is 13.2. The van der Waals surface area contributed by atoms with E-state index in [0.717, 1.165) is 70.5 Å². The Labute approximate surface area is 234 Å². The Morgan fingerprint density at radius 3 is 2.26 bits per heavy atom. The summed E-state index contributed by atoms with van der Waals surface area (Å²) in [6.45, 7) is 2.97. The molecule has 0 bridgehead atoms. The predicted octanol–water partition coefficient (Wildman–Crippen LogP) is 6.65. The van der Waals surface area contributed by atoms with Gasteiger partial charge in [0.2, 0.25) is 0 Å². The predicted molar refractivity (Wildman–Crippen MR) is 159 cm³/mol. The fourth-order valence-electron chi connectivity index (χ4n) is 4.24. The van der Waals surface area contributed by atoms with E-state index in [4.69, 9.17) is 15.2 Å². The van der Waals surface area contributed by atoms with Crippen LogP contribution in [-0.2, 0) is 14.3 Å².